The van der Waals surface area contributed by atoms with Crippen molar-refractivity contribution in [1.82, 2.24) is 10.9 Å². The summed E-state index contributed by atoms with van der Waals surface area (Å²) in [5, 5.41) is 2.77. The summed E-state index contributed by atoms with van der Waals surface area (Å²) in [5.74, 6) is -0.269. The second-order valence-electron chi connectivity index (χ2n) is 7.34. The molecule has 0 aliphatic heterocycles. The van der Waals surface area contributed by atoms with Crippen LogP contribution in [0.5, 0.6) is 11.5 Å². The van der Waals surface area contributed by atoms with Crippen molar-refractivity contribution in [3.8, 4) is 11.5 Å². The van der Waals surface area contributed by atoms with Crippen LogP contribution < -0.4 is 25.6 Å². The van der Waals surface area contributed by atoms with Crippen LogP contribution in [-0.2, 0) is 0 Å². The first-order chi connectivity index (χ1) is 16.4. The highest BCUT2D eigenvalue weighted by atomic mass is 16.5. The number of rotatable bonds is 8. The van der Waals surface area contributed by atoms with Gasteiger partial charge in [0.2, 0.25) is 0 Å². The lowest BCUT2D eigenvalue weighted by Gasteiger charge is -2.13. The van der Waals surface area contributed by atoms with E-state index in [1.807, 2.05) is 26.8 Å². The first-order valence-corrected chi connectivity index (χ1v) is 10.9. The molecule has 0 saturated heterocycles. The molecule has 0 aliphatic carbocycles. The van der Waals surface area contributed by atoms with E-state index in [-0.39, 0.29) is 11.5 Å². The first kappa shape index (κ1) is 24.3. The highest BCUT2D eigenvalue weighted by molar-refractivity contribution is 6.05. The van der Waals surface area contributed by atoms with Gasteiger partial charge < -0.3 is 14.8 Å². The number of ether oxygens (including phenoxy) is 2. The predicted molar refractivity (Wildman–Crippen MR) is 129 cm³/mol. The Labute approximate surface area is 198 Å². The van der Waals surface area contributed by atoms with Crippen molar-refractivity contribution >= 4 is 23.4 Å². The molecular formula is C26H27N3O5. The number of anilines is 1. The Morgan fingerprint density at radius 2 is 1.26 bits per heavy atom. The summed E-state index contributed by atoms with van der Waals surface area (Å²) in [6.07, 6.45) is 0. The van der Waals surface area contributed by atoms with Crippen LogP contribution in [0.2, 0.25) is 0 Å². The molecule has 0 radical (unpaired) electrons. The molecule has 0 aliphatic rings. The third-order valence-corrected chi connectivity index (χ3v) is 4.76. The van der Waals surface area contributed by atoms with Gasteiger partial charge in [0.05, 0.1) is 13.2 Å². The molecule has 8 nitrogen and oxygen atoms in total. The minimum atomic E-state index is -0.517. The Morgan fingerprint density at radius 1 is 0.676 bits per heavy atom. The topological polar surface area (TPSA) is 106 Å². The van der Waals surface area contributed by atoms with Crippen LogP contribution in [-0.4, -0.2) is 30.9 Å². The fraction of sp³-hybridized carbons (Fsp3) is 0.192. The lowest BCUT2D eigenvalue weighted by atomic mass is 10.1. The Morgan fingerprint density at radius 3 is 1.91 bits per heavy atom. The average molecular weight is 462 g/mol. The highest BCUT2D eigenvalue weighted by Crippen LogP contribution is 2.29. The average Bonchev–Trinajstić information content (AvgIpc) is 2.83. The van der Waals surface area contributed by atoms with E-state index in [4.69, 9.17) is 9.47 Å². The maximum Gasteiger partial charge on any atom is 0.269 e. The number of hydrogen-bond acceptors (Lipinski definition) is 5. The molecule has 3 amide bonds. The molecule has 0 heterocycles. The van der Waals surface area contributed by atoms with E-state index in [0.29, 0.717) is 41.5 Å². The van der Waals surface area contributed by atoms with Gasteiger partial charge in [0, 0.05) is 22.4 Å². The normalized spacial score (nSPS) is 10.2. The summed E-state index contributed by atoms with van der Waals surface area (Å²) < 4.78 is 11.1. The quantitative estimate of drug-likeness (QED) is 0.438. The van der Waals surface area contributed by atoms with Gasteiger partial charge in [0.1, 0.15) is 0 Å². The number of aryl methyl sites for hydroxylation is 1. The smallest absolute Gasteiger partial charge is 0.269 e. The van der Waals surface area contributed by atoms with Crippen molar-refractivity contribution in [3.63, 3.8) is 0 Å². The third-order valence-electron chi connectivity index (χ3n) is 4.76. The zero-order valence-corrected chi connectivity index (χ0v) is 19.3. The molecule has 0 aromatic heterocycles. The van der Waals surface area contributed by atoms with E-state index in [9.17, 15) is 14.4 Å². The summed E-state index contributed by atoms with van der Waals surface area (Å²) in [6, 6.07) is 18.3. The molecule has 3 aromatic carbocycles. The third kappa shape index (κ3) is 6.35. The standard InChI is InChI=1S/C26H27N3O5/c1-4-33-22-13-12-20(16-23(22)34-5-2)24(30)27-21-11-7-10-19(15-21)26(32)29-28-25(31)18-9-6-8-17(3)14-18/h6-16H,4-5H2,1-3H3,(H,27,30)(H,28,31)(H,29,32). The first-order valence-electron chi connectivity index (χ1n) is 10.9. The number of carbonyl (C=O) groups excluding carboxylic acids is 3. The van der Waals surface area contributed by atoms with Crippen LogP contribution in [0.15, 0.2) is 66.7 Å². The summed E-state index contributed by atoms with van der Waals surface area (Å²) in [4.78, 5) is 37.5. The maximum absolute atomic E-state index is 12.8. The van der Waals surface area contributed by atoms with E-state index >= 15 is 0 Å². The van der Waals surface area contributed by atoms with Gasteiger partial charge in [-0.05, 0) is 69.3 Å². The molecule has 3 rings (SSSR count). The summed E-state index contributed by atoms with van der Waals surface area (Å²) in [7, 11) is 0. The summed E-state index contributed by atoms with van der Waals surface area (Å²) in [6.45, 7) is 6.50. The number of amides is 3. The molecule has 176 valence electrons. The van der Waals surface area contributed by atoms with Crippen LogP contribution in [0.3, 0.4) is 0 Å². The van der Waals surface area contributed by atoms with Crippen molar-refractivity contribution in [2.24, 2.45) is 0 Å². The fourth-order valence-corrected chi connectivity index (χ4v) is 3.18. The van der Waals surface area contributed by atoms with Crippen LogP contribution >= 0.6 is 0 Å². The number of carbonyl (C=O) groups is 3. The predicted octanol–water partition coefficient (Wildman–Crippen LogP) is 4.12. The van der Waals surface area contributed by atoms with E-state index in [1.165, 1.54) is 6.07 Å². The Kier molecular flexibility index (Phi) is 8.23. The lowest BCUT2D eigenvalue weighted by molar-refractivity contribution is 0.0846. The molecule has 3 aromatic rings. The molecule has 8 heteroatoms. The van der Waals surface area contributed by atoms with Gasteiger partial charge in [0.15, 0.2) is 11.5 Å². The Balaban J connectivity index is 1.65. The van der Waals surface area contributed by atoms with E-state index in [0.717, 1.165) is 5.56 Å². The number of hydrazine groups is 1. The van der Waals surface area contributed by atoms with Gasteiger partial charge in [-0.2, -0.15) is 0 Å². The van der Waals surface area contributed by atoms with E-state index < -0.39 is 11.8 Å². The minimum Gasteiger partial charge on any atom is -0.490 e. The minimum absolute atomic E-state index is 0.268. The molecule has 0 unspecified atom stereocenters. The van der Waals surface area contributed by atoms with Gasteiger partial charge in [-0.3, -0.25) is 25.2 Å². The summed E-state index contributed by atoms with van der Waals surface area (Å²) >= 11 is 0. The molecule has 3 N–H and O–H groups in total. The Bertz CT molecular complexity index is 1190. The second-order valence-corrected chi connectivity index (χ2v) is 7.34. The van der Waals surface area contributed by atoms with Gasteiger partial charge in [0.25, 0.3) is 17.7 Å². The highest BCUT2D eigenvalue weighted by Gasteiger charge is 2.14. The van der Waals surface area contributed by atoms with Gasteiger partial charge in [-0.1, -0.05) is 23.8 Å². The van der Waals surface area contributed by atoms with Crippen LogP contribution in [0.25, 0.3) is 0 Å². The molecule has 0 spiro atoms. The molecule has 0 fully saturated rings. The maximum atomic E-state index is 12.8. The fourth-order valence-electron chi connectivity index (χ4n) is 3.18. The summed E-state index contributed by atoms with van der Waals surface area (Å²) in [5.41, 5.74) is 7.22. The molecular weight excluding hydrogens is 434 g/mol. The molecule has 0 atom stereocenters. The van der Waals surface area contributed by atoms with Gasteiger partial charge in [-0.15, -0.1) is 0 Å². The van der Waals surface area contributed by atoms with E-state index in [1.54, 1.807) is 54.6 Å². The lowest BCUT2D eigenvalue weighted by Crippen LogP contribution is -2.41. The van der Waals surface area contributed by atoms with Crippen molar-refractivity contribution in [2.75, 3.05) is 18.5 Å². The largest absolute Gasteiger partial charge is 0.490 e. The van der Waals surface area contributed by atoms with Crippen LogP contribution in [0.4, 0.5) is 5.69 Å². The van der Waals surface area contributed by atoms with Crippen molar-refractivity contribution in [2.45, 2.75) is 20.8 Å². The van der Waals surface area contributed by atoms with Gasteiger partial charge >= 0.3 is 0 Å². The number of hydrogen-bond donors (Lipinski definition) is 3. The Hall–Kier alpha value is -4.33. The van der Waals surface area contributed by atoms with Crippen molar-refractivity contribution in [3.05, 3.63) is 89.0 Å². The number of benzene rings is 3. The van der Waals surface area contributed by atoms with Crippen molar-refractivity contribution in [1.29, 1.82) is 0 Å². The van der Waals surface area contributed by atoms with Gasteiger partial charge in [-0.25, -0.2) is 0 Å². The molecule has 0 bridgehead atoms. The SMILES string of the molecule is CCOc1ccc(C(=O)Nc2cccc(C(=O)NNC(=O)c3cccc(C)c3)c2)cc1OCC. The van der Waals surface area contributed by atoms with Crippen LogP contribution in [0, 0.1) is 6.92 Å². The molecule has 34 heavy (non-hydrogen) atoms. The molecule has 0 saturated carbocycles. The van der Waals surface area contributed by atoms with Crippen LogP contribution in [0.1, 0.15) is 50.5 Å². The zero-order chi connectivity index (χ0) is 24.5. The van der Waals surface area contributed by atoms with Crippen molar-refractivity contribution < 1.29 is 23.9 Å². The monoisotopic (exact) mass is 461 g/mol. The number of nitrogens with one attached hydrogen (secondary N) is 3. The van der Waals surface area contributed by atoms with E-state index in [2.05, 4.69) is 16.2 Å². The second kappa shape index (κ2) is 11.5. The zero-order valence-electron chi connectivity index (χ0n) is 19.3.